The fraction of sp³-hybridized carbons (Fsp3) is 0.389. The van der Waals surface area contributed by atoms with E-state index in [9.17, 15) is 19.5 Å². The van der Waals surface area contributed by atoms with Gasteiger partial charge in [-0.3, -0.25) is 19.3 Å². The van der Waals surface area contributed by atoms with Crippen molar-refractivity contribution in [1.29, 1.82) is 0 Å². The van der Waals surface area contributed by atoms with Gasteiger partial charge in [0.1, 0.15) is 6.54 Å². The van der Waals surface area contributed by atoms with Crippen molar-refractivity contribution in [2.24, 2.45) is 0 Å². The minimum atomic E-state index is -0.619. The van der Waals surface area contributed by atoms with Crippen LogP contribution in [0.3, 0.4) is 0 Å². The molecule has 1 aliphatic rings. The number of ether oxygens (including phenoxy) is 2. The Balaban J connectivity index is 2.14. The Morgan fingerprint density at radius 3 is 2.73 bits per heavy atom. The first-order valence-corrected chi connectivity index (χ1v) is 9.08. The molecule has 2 amide bonds. The Kier molecular flexibility index (Phi) is 6.68. The maximum atomic E-state index is 12.4. The lowest BCUT2D eigenvalue weighted by atomic mass is 10.2. The van der Waals surface area contributed by atoms with Crippen LogP contribution in [0.15, 0.2) is 23.1 Å². The summed E-state index contributed by atoms with van der Waals surface area (Å²) in [7, 11) is 0. The standard InChI is InChI=1S/C18H21NO6S/c1-4-11(3)25-16(21)10-19-17(22)15(26-18(19)23)9-12-6-7-13(20)14(8-12)24-5-2/h6-9,11,20H,4-5,10H2,1-3H3/b15-9+/t11-/m1/s1. The predicted molar refractivity (Wildman–Crippen MR) is 97.8 cm³/mol. The van der Waals surface area contributed by atoms with Gasteiger partial charge >= 0.3 is 5.97 Å². The molecule has 2 rings (SSSR count). The molecule has 7 nitrogen and oxygen atoms in total. The molecule has 0 aromatic heterocycles. The first-order valence-electron chi connectivity index (χ1n) is 8.26. The highest BCUT2D eigenvalue weighted by Gasteiger charge is 2.36. The SMILES string of the molecule is CCOc1cc(/C=C2/SC(=O)N(CC(=O)O[C@H](C)CC)C2=O)ccc1O. The van der Waals surface area contributed by atoms with Crippen LogP contribution in [0.4, 0.5) is 4.79 Å². The summed E-state index contributed by atoms with van der Waals surface area (Å²) in [6.07, 6.45) is 1.90. The van der Waals surface area contributed by atoms with Crippen LogP contribution >= 0.6 is 11.8 Å². The summed E-state index contributed by atoms with van der Waals surface area (Å²) in [4.78, 5) is 37.4. The van der Waals surface area contributed by atoms with Gasteiger partial charge in [-0.25, -0.2) is 0 Å². The molecule has 0 unspecified atom stereocenters. The lowest BCUT2D eigenvalue weighted by Crippen LogP contribution is -2.35. The van der Waals surface area contributed by atoms with Gasteiger partial charge in [0, 0.05) is 0 Å². The van der Waals surface area contributed by atoms with Gasteiger partial charge in [-0.1, -0.05) is 13.0 Å². The maximum Gasteiger partial charge on any atom is 0.326 e. The molecule has 1 aromatic carbocycles. The van der Waals surface area contributed by atoms with E-state index in [2.05, 4.69) is 0 Å². The third kappa shape index (κ3) is 4.78. The van der Waals surface area contributed by atoms with Crippen LogP contribution in [-0.4, -0.2) is 46.4 Å². The van der Waals surface area contributed by atoms with Crippen molar-refractivity contribution < 1.29 is 29.0 Å². The number of carbonyl (C=O) groups excluding carboxylic acids is 3. The first-order chi connectivity index (χ1) is 12.3. The van der Waals surface area contributed by atoms with E-state index in [-0.39, 0.29) is 22.5 Å². The minimum Gasteiger partial charge on any atom is -0.504 e. The summed E-state index contributed by atoms with van der Waals surface area (Å²) in [6, 6.07) is 4.62. The zero-order valence-electron chi connectivity index (χ0n) is 14.9. The van der Waals surface area contributed by atoms with Gasteiger partial charge < -0.3 is 14.6 Å². The number of hydrogen-bond acceptors (Lipinski definition) is 7. The van der Waals surface area contributed by atoms with Crippen molar-refractivity contribution in [2.45, 2.75) is 33.3 Å². The Morgan fingerprint density at radius 2 is 2.08 bits per heavy atom. The zero-order chi connectivity index (χ0) is 19.3. The molecule has 8 heteroatoms. The molecule has 1 heterocycles. The molecule has 0 radical (unpaired) electrons. The van der Waals surface area contributed by atoms with Crippen LogP contribution in [0, 0.1) is 0 Å². The average Bonchev–Trinajstić information content (AvgIpc) is 2.85. The third-order valence-corrected chi connectivity index (χ3v) is 4.56. The lowest BCUT2D eigenvalue weighted by Gasteiger charge is -2.14. The van der Waals surface area contributed by atoms with E-state index in [0.29, 0.717) is 18.6 Å². The van der Waals surface area contributed by atoms with E-state index in [1.807, 2.05) is 6.92 Å². The number of hydrogen-bond donors (Lipinski definition) is 1. The van der Waals surface area contributed by atoms with Gasteiger partial charge in [0.25, 0.3) is 11.1 Å². The topological polar surface area (TPSA) is 93.1 Å². The van der Waals surface area contributed by atoms with Crippen LogP contribution < -0.4 is 4.74 Å². The molecular formula is C18H21NO6S. The van der Waals surface area contributed by atoms with Gasteiger partial charge in [0.05, 0.1) is 17.6 Å². The average molecular weight is 379 g/mol. The Labute approximate surface area is 156 Å². The molecule has 0 spiro atoms. The second-order valence-electron chi connectivity index (χ2n) is 5.64. The van der Waals surface area contributed by atoms with Crippen LogP contribution in [0.5, 0.6) is 11.5 Å². The number of thioether (sulfide) groups is 1. The number of nitrogens with zero attached hydrogens (tertiary/aromatic N) is 1. The van der Waals surface area contributed by atoms with Crippen LogP contribution in [-0.2, 0) is 14.3 Å². The van der Waals surface area contributed by atoms with Crippen LogP contribution in [0.2, 0.25) is 0 Å². The van der Waals surface area contributed by atoms with Crippen molar-refractivity contribution in [3.05, 3.63) is 28.7 Å². The molecule has 1 saturated heterocycles. The lowest BCUT2D eigenvalue weighted by molar-refractivity contribution is -0.150. The maximum absolute atomic E-state index is 12.4. The summed E-state index contributed by atoms with van der Waals surface area (Å²) in [6.45, 7) is 5.37. The van der Waals surface area contributed by atoms with Crippen molar-refractivity contribution in [3.8, 4) is 11.5 Å². The molecule has 140 valence electrons. The van der Waals surface area contributed by atoms with E-state index in [1.165, 1.54) is 12.1 Å². The number of rotatable bonds is 7. The van der Waals surface area contributed by atoms with Gasteiger partial charge in [0.15, 0.2) is 11.5 Å². The summed E-state index contributed by atoms with van der Waals surface area (Å²) in [5.41, 5.74) is 0.596. The van der Waals surface area contributed by atoms with Gasteiger partial charge in [-0.15, -0.1) is 0 Å². The molecular weight excluding hydrogens is 358 g/mol. The molecule has 0 aliphatic carbocycles. The van der Waals surface area contributed by atoms with Crippen molar-refractivity contribution >= 4 is 35.0 Å². The number of phenols is 1. The molecule has 1 atom stereocenters. The fourth-order valence-electron chi connectivity index (χ4n) is 2.15. The molecule has 1 fully saturated rings. The number of benzene rings is 1. The van der Waals surface area contributed by atoms with Gasteiger partial charge in [-0.05, 0) is 55.8 Å². The normalized spacial score (nSPS) is 16.9. The van der Waals surface area contributed by atoms with Gasteiger partial charge in [-0.2, -0.15) is 0 Å². The first kappa shape index (κ1) is 19.8. The number of esters is 1. The fourth-order valence-corrected chi connectivity index (χ4v) is 2.99. The van der Waals surface area contributed by atoms with Crippen molar-refractivity contribution in [1.82, 2.24) is 4.90 Å². The molecule has 1 N–H and O–H groups in total. The Bertz CT molecular complexity index is 745. The number of aromatic hydroxyl groups is 1. The molecule has 0 saturated carbocycles. The second kappa shape index (κ2) is 8.75. The second-order valence-corrected chi connectivity index (χ2v) is 6.63. The van der Waals surface area contributed by atoms with Crippen molar-refractivity contribution in [3.63, 3.8) is 0 Å². The van der Waals surface area contributed by atoms with E-state index in [0.717, 1.165) is 16.7 Å². The highest BCUT2D eigenvalue weighted by atomic mass is 32.2. The molecule has 0 bridgehead atoms. The zero-order valence-corrected chi connectivity index (χ0v) is 15.7. The summed E-state index contributed by atoms with van der Waals surface area (Å²) in [5, 5.41) is 9.20. The molecule has 1 aromatic rings. The van der Waals surface area contributed by atoms with Crippen LogP contribution in [0.25, 0.3) is 6.08 Å². The quantitative estimate of drug-likeness (QED) is 0.574. The van der Waals surface area contributed by atoms with Crippen molar-refractivity contribution in [2.75, 3.05) is 13.2 Å². The van der Waals surface area contributed by atoms with E-state index in [4.69, 9.17) is 9.47 Å². The number of imide groups is 1. The number of phenolic OH excluding ortho intramolecular Hbond substituents is 1. The Hall–Kier alpha value is -2.48. The summed E-state index contributed by atoms with van der Waals surface area (Å²) >= 11 is 0.754. The highest BCUT2D eigenvalue weighted by molar-refractivity contribution is 8.18. The monoisotopic (exact) mass is 379 g/mol. The van der Waals surface area contributed by atoms with E-state index >= 15 is 0 Å². The van der Waals surface area contributed by atoms with E-state index < -0.39 is 23.7 Å². The Morgan fingerprint density at radius 1 is 1.35 bits per heavy atom. The number of amides is 2. The smallest absolute Gasteiger partial charge is 0.326 e. The molecule has 1 aliphatic heterocycles. The van der Waals surface area contributed by atoms with Gasteiger partial charge in [0.2, 0.25) is 0 Å². The largest absolute Gasteiger partial charge is 0.504 e. The van der Waals surface area contributed by atoms with E-state index in [1.54, 1.807) is 26.0 Å². The number of carbonyl (C=O) groups is 3. The predicted octanol–water partition coefficient (Wildman–Crippen LogP) is 3.17. The summed E-state index contributed by atoms with van der Waals surface area (Å²) in [5.74, 6) is -0.888. The summed E-state index contributed by atoms with van der Waals surface area (Å²) < 4.78 is 10.4. The molecule has 26 heavy (non-hydrogen) atoms. The highest BCUT2D eigenvalue weighted by Crippen LogP contribution is 2.34. The third-order valence-electron chi connectivity index (χ3n) is 3.65. The van der Waals surface area contributed by atoms with Crippen LogP contribution in [0.1, 0.15) is 32.8 Å². The minimum absolute atomic E-state index is 0.00936.